The van der Waals surface area contributed by atoms with Crippen molar-refractivity contribution in [2.75, 3.05) is 6.54 Å². The van der Waals surface area contributed by atoms with E-state index in [1.165, 1.54) is 25.0 Å². The Hall–Kier alpha value is -3.15. The third-order valence-corrected chi connectivity index (χ3v) is 5.30. The highest BCUT2D eigenvalue weighted by Gasteiger charge is 2.23. The molecule has 3 aromatic rings. The number of nitrogens with one attached hydrogen (secondary N) is 1. The second-order valence-corrected chi connectivity index (χ2v) is 7.92. The topological polar surface area (TPSA) is 56.2 Å². The quantitative estimate of drug-likeness (QED) is 0.579. The summed E-state index contributed by atoms with van der Waals surface area (Å²) in [6, 6.07) is 13.9. The number of aromatic nitrogens is 2. The van der Waals surface area contributed by atoms with Gasteiger partial charge in [-0.15, -0.1) is 0 Å². The molecule has 0 saturated heterocycles. The molecule has 0 radical (unpaired) electrons. The Balaban J connectivity index is 1.61. The van der Waals surface area contributed by atoms with Gasteiger partial charge in [-0.25, -0.2) is 9.07 Å². The third kappa shape index (κ3) is 4.87. The molecule has 1 amide bonds. The lowest BCUT2D eigenvalue weighted by Gasteiger charge is -2.12. The Morgan fingerprint density at radius 1 is 1.20 bits per heavy atom. The summed E-state index contributed by atoms with van der Waals surface area (Å²) >= 11 is 0. The molecule has 1 N–H and O–H groups in total. The molecule has 156 valence electrons. The molecule has 1 heterocycles. The number of hydrogen-bond donors (Lipinski definition) is 1. The first-order valence-corrected chi connectivity index (χ1v) is 10.4. The highest BCUT2D eigenvalue weighted by Crippen LogP contribution is 2.32. The molecule has 1 aliphatic rings. The van der Waals surface area contributed by atoms with Crippen molar-refractivity contribution in [1.29, 1.82) is 0 Å². The molecule has 2 aromatic carbocycles. The molecule has 0 spiro atoms. The summed E-state index contributed by atoms with van der Waals surface area (Å²) in [6.07, 6.45) is 3.30. The van der Waals surface area contributed by atoms with E-state index in [1.54, 1.807) is 16.8 Å². The molecule has 30 heavy (non-hydrogen) atoms. The minimum absolute atomic E-state index is 0.0392. The van der Waals surface area contributed by atoms with E-state index in [-0.39, 0.29) is 11.7 Å². The number of benzene rings is 2. The molecule has 5 nitrogen and oxygen atoms in total. The molecule has 1 aliphatic carbocycles. The average Bonchev–Trinajstić information content (AvgIpc) is 3.51. The van der Waals surface area contributed by atoms with E-state index >= 15 is 0 Å². The van der Waals surface area contributed by atoms with Gasteiger partial charge in [0.25, 0.3) is 0 Å². The summed E-state index contributed by atoms with van der Waals surface area (Å²) in [5, 5.41) is 7.69. The Bertz CT molecular complexity index is 1040. The van der Waals surface area contributed by atoms with Gasteiger partial charge in [0, 0.05) is 18.5 Å². The standard InChI is InChI=1S/C24H26FN3O2/c1-16-4-3-5-20(14-16)28-24(30-21-10-8-19(25)9-11-21)22(17(2)27-28)12-13-23(29)26-15-18-6-7-18/h3-5,8-11,14,18H,6-7,12-13,15H2,1-2H3,(H,26,29). The van der Waals surface area contributed by atoms with Crippen LogP contribution in [-0.4, -0.2) is 22.2 Å². The molecule has 4 rings (SSSR count). The number of carbonyl (C=O) groups is 1. The van der Waals surface area contributed by atoms with Crippen LogP contribution in [0.25, 0.3) is 5.69 Å². The van der Waals surface area contributed by atoms with E-state index in [2.05, 4.69) is 10.4 Å². The summed E-state index contributed by atoms with van der Waals surface area (Å²) in [5.74, 6) is 1.44. The van der Waals surface area contributed by atoms with E-state index in [9.17, 15) is 9.18 Å². The van der Waals surface area contributed by atoms with Crippen molar-refractivity contribution < 1.29 is 13.9 Å². The van der Waals surface area contributed by atoms with E-state index < -0.39 is 0 Å². The van der Waals surface area contributed by atoms with Gasteiger partial charge in [-0.3, -0.25) is 4.79 Å². The Morgan fingerprint density at radius 3 is 2.67 bits per heavy atom. The predicted octanol–water partition coefficient (Wildman–Crippen LogP) is 4.88. The van der Waals surface area contributed by atoms with Gasteiger partial charge in [-0.1, -0.05) is 12.1 Å². The van der Waals surface area contributed by atoms with Crippen LogP contribution < -0.4 is 10.1 Å². The number of amides is 1. The number of halogens is 1. The van der Waals surface area contributed by atoms with Crippen LogP contribution in [0.2, 0.25) is 0 Å². The van der Waals surface area contributed by atoms with E-state index in [1.807, 2.05) is 38.1 Å². The smallest absolute Gasteiger partial charge is 0.226 e. The van der Waals surface area contributed by atoms with Crippen molar-refractivity contribution in [3.63, 3.8) is 0 Å². The normalized spacial score (nSPS) is 13.3. The van der Waals surface area contributed by atoms with Crippen LogP contribution in [0.5, 0.6) is 11.6 Å². The first kappa shape index (κ1) is 20.1. The fourth-order valence-electron chi connectivity index (χ4n) is 3.39. The summed E-state index contributed by atoms with van der Waals surface area (Å²) in [4.78, 5) is 12.3. The Morgan fingerprint density at radius 2 is 1.97 bits per heavy atom. The summed E-state index contributed by atoms with van der Waals surface area (Å²) < 4.78 is 21.2. The minimum Gasteiger partial charge on any atom is -0.439 e. The maximum absolute atomic E-state index is 13.3. The number of ether oxygens (including phenoxy) is 1. The van der Waals surface area contributed by atoms with Gasteiger partial charge in [0.1, 0.15) is 11.6 Å². The predicted molar refractivity (Wildman–Crippen MR) is 114 cm³/mol. The van der Waals surface area contributed by atoms with Crippen molar-refractivity contribution in [2.24, 2.45) is 5.92 Å². The molecule has 0 unspecified atom stereocenters. The van der Waals surface area contributed by atoms with Crippen LogP contribution in [0.15, 0.2) is 48.5 Å². The molecule has 0 aliphatic heterocycles. The monoisotopic (exact) mass is 407 g/mol. The molecule has 6 heteroatoms. The van der Waals surface area contributed by atoms with Gasteiger partial charge in [-0.05, 0) is 81.0 Å². The van der Waals surface area contributed by atoms with Gasteiger partial charge in [0.05, 0.1) is 11.4 Å². The zero-order valence-electron chi connectivity index (χ0n) is 17.3. The second-order valence-electron chi connectivity index (χ2n) is 7.92. The molecule has 0 bridgehead atoms. The molecule has 1 aromatic heterocycles. The summed E-state index contributed by atoms with van der Waals surface area (Å²) in [6.45, 7) is 4.70. The van der Waals surface area contributed by atoms with Crippen LogP contribution in [0.1, 0.15) is 36.1 Å². The van der Waals surface area contributed by atoms with Crippen LogP contribution in [0, 0.1) is 25.6 Å². The van der Waals surface area contributed by atoms with Crippen LogP contribution in [-0.2, 0) is 11.2 Å². The van der Waals surface area contributed by atoms with Crippen molar-refractivity contribution in [3.8, 4) is 17.3 Å². The fraction of sp³-hybridized carbons (Fsp3) is 0.333. The number of carbonyl (C=O) groups excluding carboxylic acids is 1. The van der Waals surface area contributed by atoms with Crippen molar-refractivity contribution in [1.82, 2.24) is 15.1 Å². The Labute approximate surface area is 175 Å². The largest absolute Gasteiger partial charge is 0.439 e. The lowest BCUT2D eigenvalue weighted by molar-refractivity contribution is -0.121. The van der Waals surface area contributed by atoms with Gasteiger partial charge < -0.3 is 10.1 Å². The molecular weight excluding hydrogens is 381 g/mol. The average molecular weight is 407 g/mol. The lowest BCUT2D eigenvalue weighted by Crippen LogP contribution is -2.25. The van der Waals surface area contributed by atoms with Crippen molar-refractivity contribution in [2.45, 2.75) is 39.5 Å². The first-order valence-electron chi connectivity index (χ1n) is 10.4. The minimum atomic E-state index is -0.321. The van der Waals surface area contributed by atoms with Gasteiger partial charge in [-0.2, -0.15) is 5.10 Å². The molecule has 1 fully saturated rings. The maximum atomic E-state index is 13.3. The summed E-state index contributed by atoms with van der Waals surface area (Å²) in [7, 11) is 0. The summed E-state index contributed by atoms with van der Waals surface area (Å²) in [5.41, 5.74) is 3.67. The second kappa shape index (κ2) is 8.69. The van der Waals surface area contributed by atoms with Gasteiger partial charge in [0.2, 0.25) is 11.8 Å². The fourth-order valence-corrected chi connectivity index (χ4v) is 3.39. The van der Waals surface area contributed by atoms with Crippen molar-refractivity contribution in [3.05, 3.63) is 71.2 Å². The zero-order chi connectivity index (χ0) is 21.1. The van der Waals surface area contributed by atoms with E-state index in [0.29, 0.717) is 30.4 Å². The maximum Gasteiger partial charge on any atom is 0.226 e. The van der Waals surface area contributed by atoms with Gasteiger partial charge >= 0.3 is 0 Å². The zero-order valence-corrected chi connectivity index (χ0v) is 17.3. The molecule has 0 atom stereocenters. The SMILES string of the molecule is Cc1cccc(-n2nc(C)c(CCC(=O)NCC3CC3)c2Oc2ccc(F)cc2)c1. The van der Waals surface area contributed by atoms with Crippen LogP contribution in [0.3, 0.4) is 0 Å². The van der Waals surface area contributed by atoms with E-state index in [4.69, 9.17) is 4.74 Å². The number of nitrogens with zero attached hydrogens (tertiary/aromatic N) is 2. The number of hydrogen-bond acceptors (Lipinski definition) is 3. The highest BCUT2D eigenvalue weighted by atomic mass is 19.1. The van der Waals surface area contributed by atoms with Gasteiger partial charge in [0.15, 0.2) is 0 Å². The van der Waals surface area contributed by atoms with Crippen LogP contribution in [0.4, 0.5) is 4.39 Å². The lowest BCUT2D eigenvalue weighted by atomic mass is 10.1. The van der Waals surface area contributed by atoms with Crippen LogP contribution >= 0.6 is 0 Å². The third-order valence-electron chi connectivity index (χ3n) is 5.30. The highest BCUT2D eigenvalue weighted by molar-refractivity contribution is 5.76. The van der Waals surface area contributed by atoms with Crippen molar-refractivity contribution >= 4 is 5.91 Å². The number of rotatable bonds is 8. The molecule has 1 saturated carbocycles. The first-order chi connectivity index (χ1) is 14.5. The van der Waals surface area contributed by atoms with E-state index in [0.717, 1.165) is 29.1 Å². The Kier molecular flexibility index (Phi) is 5.84. The molecular formula is C24H26FN3O2. The number of aryl methyl sites for hydroxylation is 2.